The first-order valence-corrected chi connectivity index (χ1v) is 8.04. The van der Waals surface area contributed by atoms with E-state index in [2.05, 4.69) is 9.97 Å². The molecule has 0 amide bonds. The van der Waals surface area contributed by atoms with E-state index >= 15 is 0 Å². The van der Waals surface area contributed by atoms with Crippen molar-refractivity contribution in [1.29, 1.82) is 0 Å². The number of aromatic amines is 1. The van der Waals surface area contributed by atoms with Crippen molar-refractivity contribution in [2.75, 3.05) is 14.2 Å². The van der Waals surface area contributed by atoms with E-state index in [0.717, 1.165) is 5.56 Å². The molecule has 1 aromatic carbocycles. The third kappa shape index (κ3) is 3.43. The summed E-state index contributed by atoms with van der Waals surface area (Å²) in [5.74, 6) is 1.36. The summed E-state index contributed by atoms with van der Waals surface area (Å²) in [4.78, 5) is 6.86. The number of benzene rings is 1. The van der Waals surface area contributed by atoms with E-state index in [1.165, 1.54) is 10.5 Å². The molecule has 0 aliphatic carbocycles. The molecular weight excluding hydrogens is 290 g/mol. The highest BCUT2D eigenvalue weighted by Crippen LogP contribution is 2.18. The highest BCUT2D eigenvalue weighted by Gasteiger charge is 2.23. The number of H-pyrrole nitrogens is 1. The Labute approximate surface area is 124 Å². The van der Waals surface area contributed by atoms with Crippen molar-refractivity contribution in [1.82, 2.24) is 14.3 Å². The van der Waals surface area contributed by atoms with Crippen LogP contribution in [0.25, 0.3) is 0 Å². The number of methoxy groups -OCH3 is 1. The van der Waals surface area contributed by atoms with Gasteiger partial charge in [-0.1, -0.05) is 19.1 Å². The second kappa shape index (κ2) is 6.28. The van der Waals surface area contributed by atoms with E-state index in [-0.39, 0.29) is 11.6 Å². The molecule has 2 aromatic rings. The Morgan fingerprint density at radius 2 is 2.14 bits per heavy atom. The molecule has 0 aliphatic rings. The summed E-state index contributed by atoms with van der Waals surface area (Å²) in [5.41, 5.74) is 0.857. The maximum atomic E-state index is 12.4. The molecule has 2 rings (SSSR count). The molecule has 0 fully saturated rings. The van der Waals surface area contributed by atoms with Gasteiger partial charge in [0.25, 0.3) is 10.0 Å². The molecule has 0 unspecified atom stereocenters. The molecule has 0 aliphatic heterocycles. The summed E-state index contributed by atoms with van der Waals surface area (Å²) >= 11 is 0. The van der Waals surface area contributed by atoms with Crippen LogP contribution in [-0.4, -0.2) is 36.8 Å². The number of nitrogens with zero attached hydrogens (tertiary/aromatic N) is 2. The molecule has 1 N–H and O–H groups in total. The molecule has 0 radical (unpaired) electrons. The average molecular weight is 309 g/mol. The maximum absolute atomic E-state index is 12.4. The molecule has 1 aromatic heterocycles. The van der Waals surface area contributed by atoms with Crippen LogP contribution in [0, 0.1) is 0 Å². The van der Waals surface area contributed by atoms with Crippen molar-refractivity contribution in [3.63, 3.8) is 0 Å². The monoisotopic (exact) mass is 309 g/mol. The first-order chi connectivity index (χ1) is 9.97. The lowest BCUT2D eigenvalue weighted by Crippen LogP contribution is -2.26. The zero-order valence-corrected chi connectivity index (χ0v) is 13.1. The number of aromatic nitrogens is 2. The fraction of sp³-hybridized carbons (Fsp3) is 0.357. The van der Waals surface area contributed by atoms with Gasteiger partial charge in [-0.25, -0.2) is 13.4 Å². The van der Waals surface area contributed by atoms with Crippen LogP contribution >= 0.6 is 0 Å². The number of rotatable bonds is 6. The predicted molar refractivity (Wildman–Crippen MR) is 79.6 cm³/mol. The van der Waals surface area contributed by atoms with Crippen LogP contribution in [0.5, 0.6) is 5.75 Å². The van der Waals surface area contributed by atoms with E-state index in [4.69, 9.17) is 4.74 Å². The fourth-order valence-electron chi connectivity index (χ4n) is 1.93. The van der Waals surface area contributed by atoms with Gasteiger partial charge in [0, 0.05) is 20.0 Å². The minimum absolute atomic E-state index is 0.116. The van der Waals surface area contributed by atoms with Crippen LogP contribution in [0.2, 0.25) is 0 Å². The second-order valence-corrected chi connectivity index (χ2v) is 6.67. The Balaban J connectivity index is 2.19. The van der Waals surface area contributed by atoms with Crippen LogP contribution in [0.4, 0.5) is 0 Å². The zero-order valence-electron chi connectivity index (χ0n) is 12.3. The van der Waals surface area contributed by atoms with Gasteiger partial charge in [-0.2, -0.15) is 4.31 Å². The number of ether oxygens (including phenoxy) is 1. The van der Waals surface area contributed by atoms with Crippen molar-refractivity contribution in [2.24, 2.45) is 0 Å². The smallest absolute Gasteiger partial charge is 0.260 e. The summed E-state index contributed by atoms with van der Waals surface area (Å²) in [6, 6.07) is 7.33. The Bertz CT molecular complexity index is 710. The van der Waals surface area contributed by atoms with Gasteiger partial charge in [0.2, 0.25) is 0 Å². The fourth-order valence-corrected chi connectivity index (χ4v) is 3.02. The third-order valence-corrected chi connectivity index (χ3v) is 4.88. The summed E-state index contributed by atoms with van der Waals surface area (Å²) in [6.07, 6.45) is 2.02. The number of aryl methyl sites for hydroxylation is 1. The lowest BCUT2D eigenvalue weighted by atomic mass is 10.2. The molecule has 21 heavy (non-hydrogen) atoms. The number of imidazole rings is 1. The number of hydrogen-bond donors (Lipinski definition) is 1. The highest BCUT2D eigenvalue weighted by molar-refractivity contribution is 7.89. The van der Waals surface area contributed by atoms with Gasteiger partial charge >= 0.3 is 0 Å². The molecular formula is C14H19N3O3S. The van der Waals surface area contributed by atoms with Crippen molar-refractivity contribution < 1.29 is 13.2 Å². The van der Waals surface area contributed by atoms with Gasteiger partial charge in [0.1, 0.15) is 11.6 Å². The average Bonchev–Trinajstić information content (AvgIpc) is 2.97. The van der Waals surface area contributed by atoms with Crippen LogP contribution in [0.15, 0.2) is 35.5 Å². The second-order valence-electron chi connectivity index (χ2n) is 4.66. The first kappa shape index (κ1) is 15.5. The van der Waals surface area contributed by atoms with E-state index < -0.39 is 10.0 Å². The predicted octanol–water partition coefficient (Wildman–Crippen LogP) is 1.80. The molecule has 7 heteroatoms. The van der Waals surface area contributed by atoms with Crippen LogP contribution in [0.1, 0.15) is 18.3 Å². The number of sulfonamides is 1. The Morgan fingerprint density at radius 3 is 2.76 bits per heavy atom. The minimum Gasteiger partial charge on any atom is -0.497 e. The normalized spacial score (nSPS) is 11.8. The van der Waals surface area contributed by atoms with Crippen LogP contribution in [-0.2, 0) is 23.0 Å². The standard InChI is InChI=1S/C14H19N3O3S/c1-4-13-15-9-14(16-13)21(18,19)17(2)10-11-6-5-7-12(8-11)20-3/h5-9H,4,10H2,1-3H3,(H,15,16). The van der Waals surface area contributed by atoms with E-state index in [0.29, 0.717) is 18.0 Å². The minimum atomic E-state index is -3.57. The molecule has 1 heterocycles. The summed E-state index contributed by atoms with van der Waals surface area (Å²) in [6.45, 7) is 2.18. The molecule has 0 saturated heterocycles. The molecule has 0 saturated carbocycles. The number of hydrogen-bond acceptors (Lipinski definition) is 4. The summed E-state index contributed by atoms with van der Waals surface area (Å²) in [7, 11) is -0.449. The Kier molecular flexibility index (Phi) is 4.64. The molecule has 0 atom stereocenters. The van der Waals surface area contributed by atoms with Gasteiger partial charge in [-0.3, -0.25) is 0 Å². The topological polar surface area (TPSA) is 75.3 Å². The molecule has 0 bridgehead atoms. The Morgan fingerprint density at radius 1 is 1.38 bits per heavy atom. The molecule has 114 valence electrons. The van der Waals surface area contributed by atoms with Gasteiger partial charge in [0.05, 0.1) is 13.3 Å². The van der Waals surface area contributed by atoms with Gasteiger partial charge in [-0.15, -0.1) is 0 Å². The maximum Gasteiger partial charge on any atom is 0.260 e. The van der Waals surface area contributed by atoms with Crippen molar-refractivity contribution in [2.45, 2.75) is 24.9 Å². The first-order valence-electron chi connectivity index (χ1n) is 6.60. The lowest BCUT2D eigenvalue weighted by molar-refractivity contribution is 0.412. The van der Waals surface area contributed by atoms with E-state index in [1.54, 1.807) is 14.2 Å². The highest BCUT2D eigenvalue weighted by atomic mass is 32.2. The van der Waals surface area contributed by atoms with Crippen molar-refractivity contribution in [3.05, 3.63) is 41.9 Å². The largest absolute Gasteiger partial charge is 0.497 e. The third-order valence-electron chi connectivity index (χ3n) is 3.17. The zero-order chi connectivity index (χ0) is 15.5. The van der Waals surface area contributed by atoms with E-state index in [9.17, 15) is 8.42 Å². The lowest BCUT2D eigenvalue weighted by Gasteiger charge is -2.16. The van der Waals surface area contributed by atoms with Crippen LogP contribution < -0.4 is 4.74 Å². The SMILES string of the molecule is CCc1ncc(S(=O)(=O)N(C)Cc2cccc(OC)c2)[nH]1. The number of nitrogens with one attached hydrogen (secondary N) is 1. The summed E-state index contributed by atoms with van der Waals surface area (Å²) < 4.78 is 31.3. The molecule has 6 nitrogen and oxygen atoms in total. The van der Waals surface area contributed by atoms with Gasteiger partial charge in [0.15, 0.2) is 5.03 Å². The van der Waals surface area contributed by atoms with Crippen LogP contribution in [0.3, 0.4) is 0 Å². The van der Waals surface area contributed by atoms with Gasteiger partial charge < -0.3 is 9.72 Å². The summed E-state index contributed by atoms with van der Waals surface area (Å²) in [5, 5.41) is 0.116. The Hall–Kier alpha value is -1.86. The molecule has 0 spiro atoms. The van der Waals surface area contributed by atoms with Gasteiger partial charge in [-0.05, 0) is 17.7 Å². The quantitative estimate of drug-likeness (QED) is 0.883. The van der Waals surface area contributed by atoms with Crippen molar-refractivity contribution >= 4 is 10.0 Å². The van der Waals surface area contributed by atoms with Crippen molar-refractivity contribution in [3.8, 4) is 5.75 Å². The van der Waals surface area contributed by atoms with E-state index in [1.807, 2.05) is 31.2 Å².